The molecule has 0 spiro atoms. The van der Waals surface area contributed by atoms with Gasteiger partial charge in [0.05, 0.1) is 0 Å². The van der Waals surface area contributed by atoms with Crippen LogP contribution in [0.5, 0.6) is 0 Å². The van der Waals surface area contributed by atoms with E-state index in [-0.39, 0.29) is 6.04 Å². The van der Waals surface area contributed by atoms with Gasteiger partial charge in [0.2, 0.25) is 0 Å². The molecule has 1 unspecified atom stereocenters. The molecule has 2 N–H and O–H groups in total. The van der Waals surface area contributed by atoms with Crippen LogP contribution in [0.1, 0.15) is 43.9 Å². The van der Waals surface area contributed by atoms with Gasteiger partial charge in [0.25, 0.3) is 0 Å². The summed E-state index contributed by atoms with van der Waals surface area (Å²) < 4.78 is 0. The zero-order chi connectivity index (χ0) is 13.0. The number of aromatic nitrogens is 2. The second-order valence-corrected chi connectivity index (χ2v) is 5.37. The average Bonchev–Trinajstić information content (AvgIpc) is 2.60. The van der Waals surface area contributed by atoms with Crippen LogP contribution in [0, 0.1) is 0 Å². The fourth-order valence-electron chi connectivity index (χ4n) is 2.51. The fraction of sp³-hybridized carbons (Fsp3) is 0.714. The van der Waals surface area contributed by atoms with Crippen molar-refractivity contribution < 1.29 is 0 Å². The van der Waals surface area contributed by atoms with E-state index in [1.54, 1.807) is 6.33 Å². The van der Waals surface area contributed by atoms with Crippen LogP contribution in [-0.4, -0.2) is 29.6 Å². The Bertz CT molecular complexity index is 389. The van der Waals surface area contributed by atoms with Crippen molar-refractivity contribution in [3.8, 4) is 0 Å². The molecule has 1 aromatic rings. The van der Waals surface area contributed by atoms with Crippen molar-refractivity contribution >= 4 is 5.82 Å². The molecule has 18 heavy (non-hydrogen) atoms. The van der Waals surface area contributed by atoms with Crippen molar-refractivity contribution in [2.24, 2.45) is 5.73 Å². The normalized spacial score (nSPS) is 16.8. The van der Waals surface area contributed by atoms with Gasteiger partial charge in [-0.3, -0.25) is 0 Å². The molecule has 0 bridgehead atoms. The van der Waals surface area contributed by atoms with Crippen LogP contribution in [0.3, 0.4) is 0 Å². The first-order chi connectivity index (χ1) is 8.68. The minimum absolute atomic E-state index is 0.243. The monoisotopic (exact) mass is 248 g/mol. The Labute approximate surface area is 110 Å². The van der Waals surface area contributed by atoms with Gasteiger partial charge in [0, 0.05) is 30.9 Å². The van der Waals surface area contributed by atoms with Crippen molar-refractivity contribution in [3.05, 3.63) is 17.6 Å². The Morgan fingerprint density at radius 3 is 2.83 bits per heavy atom. The molecule has 1 aliphatic carbocycles. The predicted octanol–water partition coefficient (Wildman–Crippen LogP) is 1.92. The first kappa shape index (κ1) is 13.3. The molecule has 0 saturated heterocycles. The molecule has 0 aromatic carbocycles. The van der Waals surface area contributed by atoms with E-state index in [0.29, 0.717) is 0 Å². The van der Waals surface area contributed by atoms with Gasteiger partial charge in [0.15, 0.2) is 0 Å². The molecule has 0 aliphatic heterocycles. The van der Waals surface area contributed by atoms with E-state index in [2.05, 4.69) is 21.9 Å². The largest absolute Gasteiger partial charge is 0.359 e. The molecule has 1 atom stereocenters. The van der Waals surface area contributed by atoms with Crippen LogP contribution in [0.2, 0.25) is 0 Å². The van der Waals surface area contributed by atoms with Crippen LogP contribution in [0.15, 0.2) is 6.33 Å². The maximum absolute atomic E-state index is 5.82. The summed E-state index contributed by atoms with van der Waals surface area (Å²) in [7, 11) is 2.11. The minimum atomic E-state index is 0.243. The van der Waals surface area contributed by atoms with Crippen LogP contribution < -0.4 is 10.6 Å². The highest BCUT2D eigenvalue weighted by molar-refractivity contribution is 5.48. The topological polar surface area (TPSA) is 55.0 Å². The summed E-state index contributed by atoms with van der Waals surface area (Å²) in [6, 6.07) is 0.243. The third-order valence-electron chi connectivity index (χ3n) is 3.63. The minimum Gasteiger partial charge on any atom is -0.359 e. The van der Waals surface area contributed by atoms with Gasteiger partial charge >= 0.3 is 0 Å². The molecule has 0 saturated carbocycles. The fourth-order valence-corrected chi connectivity index (χ4v) is 2.51. The van der Waals surface area contributed by atoms with Gasteiger partial charge in [-0.25, -0.2) is 9.97 Å². The van der Waals surface area contributed by atoms with Crippen molar-refractivity contribution in [1.29, 1.82) is 0 Å². The average molecular weight is 248 g/mol. The lowest BCUT2D eigenvalue weighted by atomic mass is 10.1. The summed E-state index contributed by atoms with van der Waals surface area (Å²) in [5.74, 6) is 1.11. The number of nitrogens with two attached hydrogens (primary N) is 1. The number of rotatable bonds is 4. The first-order valence-corrected chi connectivity index (χ1v) is 6.98. The van der Waals surface area contributed by atoms with Gasteiger partial charge < -0.3 is 10.6 Å². The maximum Gasteiger partial charge on any atom is 0.135 e. The Balaban J connectivity index is 2.16. The molecule has 0 radical (unpaired) electrons. The van der Waals surface area contributed by atoms with E-state index in [1.807, 2.05) is 6.92 Å². The standard InChI is InChI=1S/C14H24N4/c1-11(15)8-9-18(2)14-12-6-4-3-5-7-13(12)16-10-17-14/h10-11H,3-9,15H2,1-2H3. The van der Waals surface area contributed by atoms with Crippen molar-refractivity contribution in [2.45, 2.75) is 51.5 Å². The maximum atomic E-state index is 5.82. The van der Waals surface area contributed by atoms with E-state index in [0.717, 1.165) is 31.6 Å². The molecule has 0 amide bonds. The highest BCUT2D eigenvalue weighted by Gasteiger charge is 2.16. The number of fused-ring (bicyclic) bond motifs is 1. The highest BCUT2D eigenvalue weighted by atomic mass is 15.2. The first-order valence-electron chi connectivity index (χ1n) is 6.98. The number of anilines is 1. The lowest BCUT2D eigenvalue weighted by Gasteiger charge is -2.22. The Kier molecular flexibility index (Phi) is 4.53. The quantitative estimate of drug-likeness (QED) is 0.827. The third kappa shape index (κ3) is 3.19. The summed E-state index contributed by atoms with van der Waals surface area (Å²) >= 11 is 0. The lowest BCUT2D eigenvalue weighted by molar-refractivity contribution is 0.653. The van der Waals surface area contributed by atoms with E-state index in [1.165, 1.54) is 30.5 Å². The molecule has 1 aliphatic rings. The molecule has 4 heteroatoms. The van der Waals surface area contributed by atoms with Gasteiger partial charge in [-0.05, 0) is 39.0 Å². The summed E-state index contributed by atoms with van der Waals surface area (Å²) in [5.41, 5.74) is 8.44. The summed E-state index contributed by atoms with van der Waals surface area (Å²) in [4.78, 5) is 11.2. The van der Waals surface area contributed by atoms with E-state index in [4.69, 9.17) is 5.73 Å². The molecule has 1 aromatic heterocycles. The smallest absolute Gasteiger partial charge is 0.135 e. The van der Waals surface area contributed by atoms with Gasteiger partial charge in [-0.15, -0.1) is 0 Å². The van der Waals surface area contributed by atoms with Gasteiger partial charge in [0.1, 0.15) is 12.1 Å². The van der Waals surface area contributed by atoms with Crippen LogP contribution in [0.4, 0.5) is 5.82 Å². The summed E-state index contributed by atoms with van der Waals surface area (Å²) in [6.45, 7) is 3.01. The van der Waals surface area contributed by atoms with Crippen molar-refractivity contribution in [3.63, 3.8) is 0 Å². The molecule has 4 nitrogen and oxygen atoms in total. The van der Waals surface area contributed by atoms with E-state index in [9.17, 15) is 0 Å². The second-order valence-electron chi connectivity index (χ2n) is 5.37. The molecule has 100 valence electrons. The molecule has 1 heterocycles. The van der Waals surface area contributed by atoms with Crippen molar-refractivity contribution in [2.75, 3.05) is 18.5 Å². The number of aryl methyl sites for hydroxylation is 1. The number of hydrogen-bond donors (Lipinski definition) is 1. The number of nitrogens with zero attached hydrogens (tertiary/aromatic N) is 3. The summed E-state index contributed by atoms with van der Waals surface area (Å²) in [6.07, 6.45) is 8.75. The molecular weight excluding hydrogens is 224 g/mol. The van der Waals surface area contributed by atoms with Crippen LogP contribution in [0.25, 0.3) is 0 Å². The zero-order valence-corrected chi connectivity index (χ0v) is 11.5. The third-order valence-corrected chi connectivity index (χ3v) is 3.63. The second kappa shape index (κ2) is 6.14. The van der Waals surface area contributed by atoms with Gasteiger partial charge in [-0.2, -0.15) is 0 Å². The lowest BCUT2D eigenvalue weighted by Crippen LogP contribution is -2.27. The Hall–Kier alpha value is -1.16. The number of hydrogen-bond acceptors (Lipinski definition) is 4. The van der Waals surface area contributed by atoms with Gasteiger partial charge in [-0.1, -0.05) is 6.42 Å². The Morgan fingerprint density at radius 2 is 2.06 bits per heavy atom. The molecule has 0 fully saturated rings. The molecular formula is C14H24N4. The Morgan fingerprint density at radius 1 is 1.28 bits per heavy atom. The SMILES string of the molecule is CC(N)CCN(C)c1ncnc2c1CCCCC2. The zero-order valence-electron chi connectivity index (χ0n) is 11.5. The summed E-state index contributed by atoms with van der Waals surface area (Å²) in [5, 5.41) is 0. The van der Waals surface area contributed by atoms with Crippen LogP contribution >= 0.6 is 0 Å². The van der Waals surface area contributed by atoms with Crippen molar-refractivity contribution in [1.82, 2.24) is 9.97 Å². The predicted molar refractivity (Wildman–Crippen MR) is 74.8 cm³/mol. The van der Waals surface area contributed by atoms with Crippen LogP contribution in [-0.2, 0) is 12.8 Å². The highest BCUT2D eigenvalue weighted by Crippen LogP contribution is 2.25. The van der Waals surface area contributed by atoms with E-state index < -0.39 is 0 Å². The molecule has 2 rings (SSSR count). The van der Waals surface area contributed by atoms with E-state index >= 15 is 0 Å².